The molecule has 0 saturated heterocycles. The number of benzene rings is 1. The Morgan fingerprint density at radius 1 is 1.11 bits per heavy atom. The minimum absolute atomic E-state index is 0. The molecule has 0 saturated carbocycles. The lowest BCUT2D eigenvalue weighted by Crippen LogP contribution is -2.41. The van der Waals surface area contributed by atoms with Crippen molar-refractivity contribution in [2.45, 2.75) is 32.2 Å². The molecule has 2 rings (SSSR count). The van der Waals surface area contributed by atoms with Gasteiger partial charge in [0, 0.05) is 35.7 Å². The number of anilines is 1. The van der Waals surface area contributed by atoms with Crippen LogP contribution in [-0.4, -0.2) is 34.4 Å². The number of nitrogens with one attached hydrogen (secondary N) is 2. The number of nitrogens with two attached hydrogens (primary N) is 1. The first-order chi connectivity index (χ1) is 12.5. The normalized spacial score (nSPS) is 11.2. The van der Waals surface area contributed by atoms with E-state index < -0.39 is 11.8 Å². The molecule has 0 bridgehead atoms. The molecule has 1 aromatic carbocycles. The zero-order valence-corrected chi connectivity index (χ0v) is 16.5. The molecule has 4 N–H and O–H groups in total. The lowest BCUT2D eigenvalue weighted by Gasteiger charge is -2.16. The maximum atomic E-state index is 12.5. The van der Waals surface area contributed by atoms with Gasteiger partial charge in [0.05, 0.1) is 0 Å². The molecule has 0 fully saturated rings. The second-order valence-corrected chi connectivity index (χ2v) is 6.20. The number of rotatable bonds is 8. The van der Waals surface area contributed by atoms with Crippen molar-refractivity contribution in [1.82, 2.24) is 15.3 Å². The van der Waals surface area contributed by atoms with Gasteiger partial charge in [0.25, 0.3) is 11.8 Å². The van der Waals surface area contributed by atoms with E-state index in [1.54, 1.807) is 24.3 Å². The van der Waals surface area contributed by atoms with Crippen molar-refractivity contribution in [3.05, 3.63) is 53.1 Å². The number of unbranched alkanes of at least 4 members (excludes halogenated alkanes) is 1. The summed E-state index contributed by atoms with van der Waals surface area (Å²) < 4.78 is 0. The molecule has 1 heterocycles. The second-order valence-electron chi connectivity index (χ2n) is 5.76. The predicted molar refractivity (Wildman–Crippen MR) is 109 cm³/mol. The molecule has 7 nitrogen and oxygen atoms in total. The van der Waals surface area contributed by atoms with Crippen LogP contribution >= 0.6 is 24.0 Å². The van der Waals surface area contributed by atoms with Gasteiger partial charge in [-0.1, -0.05) is 31.4 Å². The lowest BCUT2D eigenvalue weighted by molar-refractivity contribution is 0.0917. The van der Waals surface area contributed by atoms with Crippen molar-refractivity contribution in [3.8, 4) is 0 Å². The SMILES string of the molecule is CCCCC(CN)NC(=O)c1nccnc1C(=O)Nc1ccc(Cl)cc1.Cl. The van der Waals surface area contributed by atoms with Crippen LogP contribution in [0.4, 0.5) is 5.69 Å². The zero-order valence-electron chi connectivity index (χ0n) is 14.9. The van der Waals surface area contributed by atoms with E-state index in [9.17, 15) is 9.59 Å². The molecule has 0 aliphatic rings. The molecule has 2 aromatic rings. The van der Waals surface area contributed by atoms with Crippen LogP contribution in [0.5, 0.6) is 0 Å². The Morgan fingerprint density at radius 2 is 1.70 bits per heavy atom. The van der Waals surface area contributed by atoms with Crippen LogP contribution in [0, 0.1) is 0 Å². The molecule has 0 aliphatic carbocycles. The molecular formula is C18H23Cl2N5O2. The topological polar surface area (TPSA) is 110 Å². The first-order valence-corrected chi connectivity index (χ1v) is 8.81. The van der Waals surface area contributed by atoms with Gasteiger partial charge in [-0.15, -0.1) is 12.4 Å². The first kappa shape index (κ1) is 22.8. The Kier molecular flexibility index (Phi) is 9.71. The Bertz CT molecular complexity index is 756. The maximum absolute atomic E-state index is 12.5. The van der Waals surface area contributed by atoms with E-state index in [1.807, 2.05) is 0 Å². The number of hydrogen-bond acceptors (Lipinski definition) is 5. The van der Waals surface area contributed by atoms with Gasteiger partial charge in [-0.3, -0.25) is 9.59 Å². The molecule has 2 amide bonds. The molecule has 0 radical (unpaired) electrons. The third kappa shape index (κ3) is 6.78. The fourth-order valence-corrected chi connectivity index (χ4v) is 2.47. The summed E-state index contributed by atoms with van der Waals surface area (Å²) in [4.78, 5) is 33.1. The number of amides is 2. The van der Waals surface area contributed by atoms with E-state index in [0.29, 0.717) is 17.3 Å². The Balaban J connectivity index is 0.00000364. The van der Waals surface area contributed by atoms with Crippen molar-refractivity contribution < 1.29 is 9.59 Å². The van der Waals surface area contributed by atoms with Gasteiger partial charge < -0.3 is 16.4 Å². The summed E-state index contributed by atoms with van der Waals surface area (Å²) in [5.41, 5.74) is 6.17. The molecule has 9 heteroatoms. The van der Waals surface area contributed by atoms with E-state index in [2.05, 4.69) is 27.5 Å². The van der Waals surface area contributed by atoms with Crippen LogP contribution in [0.2, 0.25) is 5.02 Å². The lowest BCUT2D eigenvalue weighted by atomic mass is 10.1. The number of nitrogens with zero attached hydrogens (tertiary/aromatic N) is 2. The molecule has 1 unspecified atom stereocenters. The first-order valence-electron chi connectivity index (χ1n) is 8.44. The molecule has 1 aromatic heterocycles. The summed E-state index contributed by atoms with van der Waals surface area (Å²) in [6.07, 6.45) is 5.46. The third-order valence-electron chi connectivity index (χ3n) is 3.76. The summed E-state index contributed by atoms with van der Waals surface area (Å²) in [5, 5.41) is 6.06. The molecule has 1 atom stereocenters. The summed E-state index contributed by atoms with van der Waals surface area (Å²) >= 11 is 5.83. The molecule has 0 aliphatic heterocycles. The quantitative estimate of drug-likeness (QED) is 0.617. The fraction of sp³-hybridized carbons (Fsp3) is 0.333. The van der Waals surface area contributed by atoms with Crippen LogP contribution in [-0.2, 0) is 0 Å². The molecular weight excluding hydrogens is 389 g/mol. The van der Waals surface area contributed by atoms with Gasteiger partial charge in [0.15, 0.2) is 11.4 Å². The smallest absolute Gasteiger partial charge is 0.276 e. The minimum Gasteiger partial charge on any atom is -0.347 e. The third-order valence-corrected chi connectivity index (χ3v) is 4.01. The predicted octanol–water partition coefficient (Wildman–Crippen LogP) is 3.05. The van der Waals surface area contributed by atoms with Crippen LogP contribution in [0.3, 0.4) is 0 Å². The number of carbonyl (C=O) groups is 2. The highest BCUT2D eigenvalue weighted by Gasteiger charge is 2.22. The minimum atomic E-state index is -0.525. The van der Waals surface area contributed by atoms with E-state index in [4.69, 9.17) is 17.3 Å². The van der Waals surface area contributed by atoms with Crippen LogP contribution in [0.25, 0.3) is 0 Å². The Morgan fingerprint density at radius 3 is 2.26 bits per heavy atom. The number of halogens is 2. The van der Waals surface area contributed by atoms with Crippen LogP contribution in [0.15, 0.2) is 36.7 Å². The van der Waals surface area contributed by atoms with Crippen molar-refractivity contribution >= 4 is 41.5 Å². The maximum Gasteiger partial charge on any atom is 0.276 e. The van der Waals surface area contributed by atoms with Gasteiger partial charge in [-0.2, -0.15) is 0 Å². The molecule has 0 spiro atoms. The highest BCUT2D eigenvalue weighted by Crippen LogP contribution is 2.15. The van der Waals surface area contributed by atoms with Gasteiger partial charge in [0.1, 0.15) is 0 Å². The van der Waals surface area contributed by atoms with Crippen LogP contribution in [0.1, 0.15) is 47.2 Å². The summed E-state index contributed by atoms with van der Waals surface area (Å²) in [5.74, 6) is -0.991. The average Bonchev–Trinajstić information content (AvgIpc) is 2.66. The van der Waals surface area contributed by atoms with Gasteiger partial charge in [0.2, 0.25) is 0 Å². The fourth-order valence-electron chi connectivity index (χ4n) is 2.35. The largest absolute Gasteiger partial charge is 0.347 e. The van der Waals surface area contributed by atoms with Gasteiger partial charge in [-0.25, -0.2) is 9.97 Å². The number of hydrogen-bond donors (Lipinski definition) is 3. The average molecular weight is 412 g/mol. The summed E-state index contributed by atoms with van der Waals surface area (Å²) in [7, 11) is 0. The van der Waals surface area contributed by atoms with E-state index in [0.717, 1.165) is 19.3 Å². The number of aromatic nitrogens is 2. The summed E-state index contributed by atoms with van der Waals surface area (Å²) in [6.45, 7) is 2.38. The van der Waals surface area contributed by atoms with Gasteiger partial charge in [-0.05, 0) is 30.7 Å². The van der Waals surface area contributed by atoms with Crippen molar-refractivity contribution in [2.75, 3.05) is 11.9 Å². The monoisotopic (exact) mass is 411 g/mol. The zero-order chi connectivity index (χ0) is 18.9. The highest BCUT2D eigenvalue weighted by atomic mass is 35.5. The van der Waals surface area contributed by atoms with Crippen molar-refractivity contribution in [1.29, 1.82) is 0 Å². The van der Waals surface area contributed by atoms with E-state index in [1.165, 1.54) is 12.4 Å². The second kappa shape index (κ2) is 11.5. The number of carbonyl (C=O) groups excluding carboxylic acids is 2. The van der Waals surface area contributed by atoms with Crippen molar-refractivity contribution in [2.24, 2.45) is 5.73 Å². The highest BCUT2D eigenvalue weighted by molar-refractivity contribution is 6.30. The van der Waals surface area contributed by atoms with E-state index >= 15 is 0 Å². The molecule has 146 valence electrons. The van der Waals surface area contributed by atoms with E-state index in [-0.39, 0.29) is 29.8 Å². The van der Waals surface area contributed by atoms with Gasteiger partial charge >= 0.3 is 0 Å². The summed E-state index contributed by atoms with van der Waals surface area (Å²) in [6, 6.07) is 6.45. The Hall–Kier alpha value is -2.22. The standard InChI is InChI=1S/C18H22ClN5O2.ClH/c1-2-3-4-14(11-20)24-18(26)16-15(21-9-10-22-16)17(25)23-13-7-5-12(19)6-8-13;/h5-10,14H,2-4,11,20H2,1H3,(H,23,25)(H,24,26);1H. The van der Waals surface area contributed by atoms with Crippen LogP contribution < -0.4 is 16.4 Å². The molecule has 27 heavy (non-hydrogen) atoms. The van der Waals surface area contributed by atoms with Crippen molar-refractivity contribution in [3.63, 3.8) is 0 Å². The Labute approximate surface area is 169 Å².